The number of benzene rings is 1. The van der Waals surface area contributed by atoms with Gasteiger partial charge in [0.2, 0.25) is 5.96 Å². The number of aliphatic imine (C=N–C) groups is 1. The largest absolute Gasteiger partial charge is 0.369 e. The highest BCUT2D eigenvalue weighted by Gasteiger charge is 2.52. The van der Waals surface area contributed by atoms with Gasteiger partial charge in [0.1, 0.15) is 17.1 Å². The molecule has 2 aliphatic rings. The third kappa shape index (κ3) is 3.55. The molecule has 0 aliphatic carbocycles. The summed E-state index contributed by atoms with van der Waals surface area (Å²) in [6, 6.07) is 7.17. The quantitative estimate of drug-likeness (QED) is 0.744. The maximum absolute atomic E-state index is 15.0. The monoisotopic (exact) mass is 451 g/mol. The summed E-state index contributed by atoms with van der Waals surface area (Å²) in [4.78, 5) is 21.0. The summed E-state index contributed by atoms with van der Waals surface area (Å²) < 4.78 is 34.9. The van der Waals surface area contributed by atoms with Gasteiger partial charge >= 0.3 is 0 Å². The minimum absolute atomic E-state index is 0.0364. The molecule has 0 bridgehead atoms. The zero-order valence-electron chi connectivity index (χ0n) is 16.0. The average molecular weight is 452 g/mol. The Morgan fingerprint density at radius 3 is 2.97 bits per heavy atom. The maximum atomic E-state index is 15.0. The van der Waals surface area contributed by atoms with Crippen molar-refractivity contribution in [2.75, 3.05) is 19.0 Å². The second-order valence-corrected chi connectivity index (χ2v) is 8.95. The molecule has 2 aromatic rings. The number of pyridine rings is 1. The van der Waals surface area contributed by atoms with Crippen LogP contribution in [0.4, 0.5) is 10.1 Å². The Balaban J connectivity index is 1.73. The predicted octanol–water partition coefficient (Wildman–Crippen LogP) is 2.38. The second kappa shape index (κ2) is 7.93. The van der Waals surface area contributed by atoms with E-state index < -0.39 is 33.7 Å². The first-order valence-corrected chi connectivity index (χ1v) is 10.7. The van der Waals surface area contributed by atoms with Crippen LogP contribution >= 0.6 is 11.6 Å². The van der Waals surface area contributed by atoms with E-state index in [0.29, 0.717) is 30.2 Å². The smallest absolute Gasteiger partial charge is 0.274 e. The van der Waals surface area contributed by atoms with Gasteiger partial charge in [-0.15, -0.1) is 0 Å². The minimum Gasteiger partial charge on any atom is -0.369 e. The number of carbonyl (C=O) groups is 1. The van der Waals surface area contributed by atoms with Crippen LogP contribution in [0.1, 0.15) is 28.9 Å². The first-order chi connectivity index (χ1) is 14.3. The van der Waals surface area contributed by atoms with Crippen molar-refractivity contribution in [2.24, 2.45) is 10.7 Å². The zero-order valence-corrected chi connectivity index (χ0v) is 17.5. The number of carbonyl (C=O) groups excluding carboxylic acids is 1. The normalized spacial score (nSPS) is 26.0. The number of aromatic nitrogens is 1. The molecule has 3 heterocycles. The van der Waals surface area contributed by atoms with E-state index in [4.69, 9.17) is 22.1 Å². The van der Waals surface area contributed by atoms with Gasteiger partial charge in [-0.05, 0) is 43.2 Å². The fraction of sp³-hybridized carbons (Fsp3) is 0.316. The standard InChI is InChI=1S/C19H19ClFN5O3S/c1-26-18(22)25-19(7-2-8-29-17(19)30(26)28)13-9-12(4-5-14(13)21)24-16(27)15-6-3-11(20)10-23-15/h3-6,9-10,17H,2,7-8H2,1H3,(H2,22,25)(H,24,27). The van der Waals surface area contributed by atoms with Crippen LogP contribution in [0.25, 0.3) is 0 Å². The lowest BCUT2D eigenvalue weighted by Crippen LogP contribution is -2.57. The Morgan fingerprint density at radius 2 is 2.23 bits per heavy atom. The molecule has 3 unspecified atom stereocenters. The van der Waals surface area contributed by atoms with Gasteiger partial charge in [-0.3, -0.25) is 9.10 Å². The summed E-state index contributed by atoms with van der Waals surface area (Å²) in [6.07, 6.45) is 2.37. The fourth-order valence-corrected chi connectivity index (χ4v) is 5.06. The van der Waals surface area contributed by atoms with Crippen molar-refractivity contribution >= 4 is 40.1 Å². The van der Waals surface area contributed by atoms with E-state index in [9.17, 15) is 13.4 Å². The van der Waals surface area contributed by atoms with E-state index >= 15 is 0 Å². The van der Waals surface area contributed by atoms with Crippen LogP contribution in [0.2, 0.25) is 5.02 Å². The van der Waals surface area contributed by atoms with Crippen molar-refractivity contribution in [1.82, 2.24) is 9.29 Å². The lowest BCUT2D eigenvalue weighted by Gasteiger charge is -2.45. The second-order valence-electron chi connectivity index (χ2n) is 6.98. The Kier molecular flexibility index (Phi) is 5.48. The van der Waals surface area contributed by atoms with E-state index in [2.05, 4.69) is 15.3 Å². The van der Waals surface area contributed by atoms with Crippen molar-refractivity contribution in [3.63, 3.8) is 0 Å². The van der Waals surface area contributed by atoms with Crippen molar-refractivity contribution in [1.29, 1.82) is 0 Å². The van der Waals surface area contributed by atoms with Crippen LogP contribution in [-0.2, 0) is 21.3 Å². The van der Waals surface area contributed by atoms with Gasteiger partial charge in [0.05, 0.1) is 5.02 Å². The number of anilines is 1. The topological polar surface area (TPSA) is 110 Å². The molecule has 0 saturated carbocycles. The molecule has 8 nitrogen and oxygen atoms in total. The van der Waals surface area contributed by atoms with E-state index in [1.165, 1.54) is 34.8 Å². The third-order valence-corrected chi connectivity index (χ3v) is 6.94. The molecule has 4 rings (SSSR count). The van der Waals surface area contributed by atoms with Crippen LogP contribution in [0.3, 0.4) is 0 Å². The van der Waals surface area contributed by atoms with Crippen LogP contribution in [0, 0.1) is 5.82 Å². The summed E-state index contributed by atoms with van der Waals surface area (Å²) in [5.41, 5.74) is 4.50. The van der Waals surface area contributed by atoms with E-state index in [1.54, 1.807) is 13.1 Å². The highest BCUT2D eigenvalue weighted by atomic mass is 35.5. The molecular formula is C19H19ClFN5O3S. The van der Waals surface area contributed by atoms with Crippen LogP contribution in [0.15, 0.2) is 41.5 Å². The number of rotatable bonds is 3. The lowest BCUT2D eigenvalue weighted by molar-refractivity contribution is 0.00423. The molecular weight excluding hydrogens is 433 g/mol. The molecule has 2 aliphatic heterocycles. The molecule has 1 aromatic heterocycles. The Bertz CT molecular complexity index is 1050. The van der Waals surface area contributed by atoms with Crippen LogP contribution < -0.4 is 11.1 Å². The van der Waals surface area contributed by atoms with E-state index in [0.717, 1.165) is 0 Å². The summed E-state index contributed by atoms with van der Waals surface area (Å²) in [5, 5.41) is 3.10. The Labute approximate surface area is 179 Å². The number of halogens is 2. The van der Waals surface area contributed by atoms with Gasteiger partial charge in [-0.1, -0.05) is 11.6 Å². The van der Waals surface area contributed by atoms with Crippen LogP contribution in [-0.4, -0.2) is 44.5 Å². The first-order valence-electron chi connectivity index (χ1n) is 9.16. The van der Waals surface area contributed by atoms with Gasteiger partial charge in [0.15, 0.2) is 16.4 Å². The molecule has 1 fully saturated rings. The number of ether oxygens (including phenoxy) is 1. The summed E-state index contributed by atoms with van der Waals surface area (Å²) in [7, 11) is -0.106. The number of fused-ring (bicyclic) bond motifs is 1. The van der Waals surface area contributed by atoms with Crippen molar-refractivity contribution in [2.45, 2.75) is 23.8 Å². The number of nitrogens with two attached hydrogens (primary N) is 1. The zero-order chi connectivity index (χ0) is 21.5. The Hall–Kier alpha value is -2.56. The predicted molar refractivity (Wildman–Crippen MR) is 112 cm³/mol. The van der Waals surface area contributed by atoms with Crippen LogP contribution in [0.5, 0.6) is 0 Å². The molecule has 0 radical (unpaired) electrons. The molecule has 1 aromatic carbocycles. The number of hydrogen-bond acceptors (Lipinski definition) is 6. The number of guanidine groups is 1. The molecule has 0 spiro atoms. The average Bonchev–Trinajstić information content (AvgIpc) is 2.74. The van der Waals surface area contributed by atoms with Crippen molar-refractivity contribution in [3.05, 3.63) is 58.6 Å². The fourth-order valence-electron chi connectivity index (χ4n) is 3.59. The SMILES string of the molecule is CN1C(N)=NC2(c3cc(NC(=O)c4ccc(Cl)cn4)ccc3F)CCCOC2S1=O. The van der Waals surface area contributed by atoms with Crippen molar-refractivity contribution < 1.29 is 18.1 Å². The number of nitrogens with one attached hydrogen (secondary N) is 1. The minimum atomic E-state index is -1.65. The molecule has 1 saturated heterocycles. The molecule has 3 atom stereocenters. The van der Waals surface area contributed by atoms with E-state index in [1.807, 2.05) is 0 Å². The first kappa shape index (κ1) is 20.7. The van der Waals surface area contributed by atoms with Gasteiger partial charge in [-0.2, -0.15) is 0 Å². The van der Waals surface area contributed by atoms with Gasteiger partial charge in [-0.25, -0.2) is 18.6 Å². The highest BCUT2D eigenvalue weighted by molar-refractivity contribution is 7.83. The highest BCUT2D eigenvalue weighted by Crippen LogP contribution is 2.45. The molecule has 158 valence electrons. The maximum Gasteiger partial charge on any atom is 0.274 e. The number of nitrogens with zero attached hydrogens (tertiary/aromatic N) is 3. The van der Waals surface area contributed by atoms with Gasteiger partial charge in [0, 0.05) is 31.1 Å². The summed E-state index contributed by atoms with van der Waals surface area (Å²) in [5.74, 6) is -0.992. The molecule has 1 amide bonds. The van der Waals surface area contributed by atoms with Crippen molar-refractivity contribution in [3.8, 4) is 0 Å². The molecule has 30 heavy (non-hydrogen) atoms. The molecule has 11 heteroatoms. The number of hydrogen-bond donors (Lipinski definition) is 2. The third-order valence-electron chi connectivity index (χ3n) is 5.10. The molecule has 3 N–H and O–H groups in total. The number of amides is 1. The Morgan fingerprint density at radius 1 is 1.43 bits per heavy atom. The lowest BCUT2D eigenvalue weighted by atomic mass is 9.84. The van der Waals surface area contributed by atoms with E-state index in [-0.39, 0.29) is 17.2 Å². The van der Waals surface area contributed by atoms with Gasteiger partial charge in [0.25, 0.3) is 5.91 Å². The summed E-state index contributed by atoms with van der Waals surface area (Å²) in [6.45, 7) is 0.391. The summed E-state index contributed by atoms with van der Waals surface area (Å²) >= 11 is 5.80. The van der Waals surface area contributed by atoms with Gasteiger partial charge < -0.3 is 15.8 Å².